The molecule has 0 fully saturated rings. The summed E-state index contributed by atoms with van der Waals surface area (Å²) in [7, 11) is 0. The zero-order valence-electron chi connectivity index (χ0n) is 9.95. The second-order valence-corrected chi connectivity index (χ2v) is 5.72. The number of imidazole rings is 1. The zero-order chi connectivity index (χ0) is 12.4. The normalized spacial score (nSPS) is 13.1. The van der Waals surface area contributed by atoms with E-state index in [4.69, 9.17) is 0 Å². The highest BCUT2D eigenvalue weighted by molar-refractivity contribution is 7.22. The molecule has 0 saturated carbocycles. The van der Waals surface area contributed by atoms with Crippen LogP contribution in [0.25, 0.3) is 26.6 Å². The summed E-state index contributed by atoms with van der Waals surface area (Å²) < 4.78 is 5.76. The minimum atomic E-state index is 0.905. The molecule has 5 heteroatoms. The molecule has 0 bridgehead atoms. The van der Waals surface area contributed by atoms with Crippen LogP contribution in [0, 0.1) is 0 Å². The van der Waals surface area contributed by atoms with Crippen LogP contribution in [-0.4, -0.2) is 14.5 Å². The SMILES string of the molecule is c1cnc2c(c1)sc1n3c(c[n+]21)-c1ccncc1C3. The lowest BCUT2D eigenvalue weighted by molar-refractivity contribution is -0.478. The van der Waals surface area contributed by atoms with E-state index in [1.165, 1.54) is 26.5 Å². The summed E-state index contributed by atoms with van der Waals surface area (Å²) >= 11 is 1.79. The van der Waals surface area contributed by atoms with E-state index in [2.05, 4.69) is 37.3 Å². The highest BCUT2D eigenvalue weighted by atomic mass is 32.1. The third kappa shape index (κ3) is 1.11. The number of hydrogen-bond donors (Lipinski definition) is 0. The third-order valence-electron chi connectivity index (χ3n) is 3.67. The quantitative estimate of drug-likeness (QED) is 0.403. The third-order valence-corrected chi connectivity index (χ3v) is 4.81. The van der Waals surface area contributed by atoms with E-state index in [-0.39, 0.29) is 0 Å². The van der Waals surface area contributed by atoms with Crippen molar-refractivity contribution in [3.8, 4) is 11.3 Å². The first-order valence-corrected chi connectivity index (χ1v) is 6.95. The maximum atomic E-state index is 4.49. The molecule has 0 N–H and O–H groups in total. The van der Waals surface area contributed by atoms with Gasteiger partial charge in [0.2, 0.25) is 0 Å². The van der Waals surface area contributed by atoms with Crippen LogP contribution in [0.15, 0.2) is 43.0 Å². The summed E-state index contributed by atoms with van der Waals surface area (Å²) in [6.07, 6.45) is 7.86. The predicted octanol–water partition coefficient (Wildman–Crippen LogP) is 2.26. The number of rotatable bonds is 0. The number of aromatic nitrogens is 4. The summed E-state index contributed by atoms with van der Waals surface area (Å²) in [5.41, 5.74) is 4.89. The number of fused-ring (bicyclic) bond motifs is 7. The van der Waals surface area contributed by atoms with Gasteiger partial charge in [-0.2, -0.15) is 4.40 Å². The van der Waals surface area contributed by atoms with Crippen molar-refractivity contribution in [2.24, 2.45) is 0 Å². The fourth-order valence-corrected chi connectivity index (χ4v) is 3.91. The van der Waals surface area contributed by atoms with Gasteiger partial charge < -0.3 is 0 Å². The highest BCUT2D eigenvalue weighted by Crippen LogP contribution is 2.34. The van der Waals surface area contributed by atoms with E-state index in [0.717, 1.165) is 12.2 Å². The molecule has 0 aromatic carbocycles. The van der Waals surface area contributed by atoms with Gasteiger partial charge in [-0.1, -0.05) is 11.3 Å². The van der Waals surface area contributed by atoms with Crippen molar-refractivity contribution in [3.63, 3.8) is 0 Å². The van der Waals surface area contributed by atoms with Crippen LogP contribution in [-0.2, 0) is 6.54 Å². The summed E-state index contributed by atoms with van der Waals surface area (Å²) in [6.45, 7) is 0.905. The Hall–Kier alpha value is -2.27. The van der Waals surface area contributed by atoms with Gasteiger partial charge in [-0.15, -0.1) is 4.98 Å². The first-order chi connectivity index (χ1) is 9.42. The highest BCUT2D eigenvalue weighted by Gasteiger charge is 2.28. The lowest BCUT2D eigenvalue weighted by Gasteiger charge is -1.92. The molecule has 0 saturated heterocycles. The van der Waals surface area contributed by atoms with Gasteiger partial charge in [0.1, 0.15) is 22.8 Å². The Bertz CT molecular complexity index is 951. The molecule has 0 unspecified atom stereocenters. The molecular formula is C14H9N4S+. The standard InChI is InChI=1S/C14H9N4S/c1-2-12-13(16-4-1)18-8-11-10-3-5-15-6-9(10)7-17(11)14(18)19-12/h1-6,8H,7H2/q+1. The fraction of sp³-hybridized carbons (Fsp3) is 0.0714. The minimum absolute atomic E-state index is 0.905. The van der Waals surface area contributed by atoms with Crippen LogP contribution in [0.2, 0.25) is 0 Å². The molecule has 19 heavy (non-hydrogen) atoms. The number of pyridine rings is 2. The van der Waals surface area contributed by atoms with Crippen LogP contribution >= 0.6 is 11.3 Å². The summed E-state index contributed by atoms with van der Waals surface area (Å²) in [5.74, 6) is 0. The number of thiazole rings is 1. The maximum absolute atomic E-state index is 4.49. The van der Waals surface area contributed by atoms with Crippen molar-refractivity contribution >= 4 is 26.6 Å². The number of nitrogens with zero attached hydrogens (tertiary/aromatic N) is 4. The van der Waals surface area contributed by atoms with Crippen molar-refractivity contribution in [2.45, 2.75) is 6.54 Å². The molecule has 4 aromatic rings. The molecule has 0 atom stereocenters. The molecule has 0 radical (unpaired) electrons. The molecule has 0 spiro atoms. The monoisotopic (exact) mass is 265 g/mol. The average molecular weight is 265 g/mol. The summed E-state index contributed by atoms with van der Waals surface area (Å²) in [5, 5.41) is 0. The van der Waals surface area contributed by atoms with E-state index in [1.807, 2.05) is 24.7 Å². The van der Waals surface area contributed by atoms with Gasteiger partial charge in [0.15, 0.2) is 0 Å². The van der Waals surface area contributed by atoms with Crippen molar-refractivity contribution in [3.05, 3.63) is 48.5 Å². The van der Waals surface area contributed by atoms with Crippen LogP contribution in [0.4, 0.5) is 0 Å². The number of hydrogen-bond acceptors (Lipinski definition) is 3. The van der Waals surface area contributed by atoms with Crippen LogP contribution in [0.1, 0.15) is 5.56 Å². The molecular weight excluding hydrogens is 256 g/mol. The second kappa shape index (κ2) is 3.19. The minimum Gasteiger partial charge on any atom is -0.264 e. The Labute approximate surface area is 112 Å². The van der Waals surface area contributed by atoms with E-state index < -0.39 is 0 Å². The lowest BCUT2D eigenvalue weighted by atomic mass is 10.1. The largest absolute Gasteiger partial charge is 0.293 e. The van der Waals surface area contributed by atoms with Crippen molar-refractivity contribution < 1.29 is 4.40 Å². The fourth-order valence-electron chi connectivity index (χ4n) is 2.82. The Morgan fingerprint density at radius 3 is 3.26 bits per heavy atom. The predicted molar refractivity (Wildman–Crippen MR) is 73.1 cm³/mol. The van der Waals surface area contributed by atoms with Crippen molar-refractivity contribution in [1.82, 2.24) is 14.5 Å². The van der Waals surface area contributed by atoms with Crippen LogP contribution in [0.5, 0.6) is 0 Å². The van der Waals surface area contributed by atoms with Crippen molar-refractivity contribution in [1.29, 1.82) is 0 Å². The molecule has 1 aliphatic heterocycles. The van der Waals surface area contributed by atoms with Gasteiger partial charge in [0.05, 0.1) is 6.54 Å². The topological polar surface area (TPSA) is 34.8 Å². The van der Waals surface area contributed by atoms with Gasteiger partial charge in [-0.05, 0) is 18.2 Å². The average Bonchev–Trinajstić information content (AvgIpc) is 3.07. The Kier molecular flexibility index (Phi) is 1.62. The van der Waals surface area contributed by atoms with Crippen LogP contribution < -0.4 is 4.40 Å². The molecule has 4 nitrogen and oxygen atoms in total. The van der Waals surface area contributed by atoms with Gasteiger partial charge in [0.25, 0.3) is 10.6 Å². The molecule has 5 heterocycles. The van der Waals surface area contributed by atoms with E-state index in [0.29, 0.717) is 0 Å². The summed E-state index contributed by atoms with van der Waals surface area (Å²) in [4.78, 5) is 9.93. The molecule has 4 aromatic heterocycles. The lowest BCUT2D eigenvalue weighted by Crippen LogP contribution is -2.17. The Morgan fingerprint density at radius 1 is 1.26 bits per heavy atom. The zero-order valence-corrected chi connectivity index (χ0v) is 10.8. The smallest absolute Gasteiger partial charge is 0.264 e. The maximum Gasteiger partial charge on any atom is 0.293 e. The first kappa shape index (κ1) is 9.63. The Morgan fingerprint density at radius 2 is 2.26 bits per heavy atom. The molecule has 90 valence electrons. The summed E-state index contributed by atoms with van der Waals surface area (Å²) in [6, 6.07) is 6.20. The van der Waals surface area contributed by atoms with E-state index in [1.54, 1.807) is 11.3 Å². The van der Waals surface area contributed by atoms with Crippen molar-refractivity contribution in [2.75, 3.05) is 0 Å². The van der Waals surface area contributed by atoms with Gasteiger partial charge in [0, 0.05) is 23.5 Å². The second-order valence-electron chi connectivity index (χ2n) is 4.71. The molecule has 0 amide bonds. The van der Waals surface area contributed by atoms with Crippen LogP contribution in [0.3, 0.4) is 0 Å². The molecule has 1 aliphatic rings. The van der Waals surface area contributed by atoms with Gasteiger partial charge in [-0.3, -0.25) is 4.98 Å². The molecule has 5 rings (SSSR count). The Balaban J connectivity index is 1.93. The molecule has 0 aliphatic carbocycles. The van der Waals surface area contributed by atoms with Gasteiger partial charge in [-0.25, -0.2) is 4.57 Å². The van der Waals surface area contributed by atoms with E-state index in [9.17, 15) is 0 Å². The first-order valence-electron chi connectivity index (χ1n) is 6.13. The van der Waals surface area contributed by atoms with Gasteiger partial charge >= 0.3 is 0 Å². The van der Waals surface area contributed by atoms with E-state index >= 15 is 0 Å².